The number of nitrogens with zero attached hydrogens (tertiary/aromatic N) is 7. The van der Waals surface area contributed by atoms with Gasteiger partial charge in [0.25, 0.3) is 11.8 Å². The summed E-state index contributed by atoms with van der Waals surface area (Å²) in [5, 5.41) is 13.5. The van der Waals surface area contributed by atoms with Crippen molar-refractivity contribution in [1.82, 2.24) is 40.5 Å². The highest BCUT2D eigenvalue weighted by atomic mass is 32.2. The van der Waals surface area contributed by atoms with E-state index < -0.39 is 81.0 Å². The van der Waals surface area contributed by atoms with E-state index in [-0.39, 0.29) is 59.2 Å². The van der Waals surface area contributed by atoms with Gasteiger partial charge in [0.2, 0.25) is 11.1 Å². The first-order valence-electron chi connectivity index (χ1n) is 24.7. The molecule has 0 saturated heterocycles. The summed E-state index contributed by atoms with van der Waals surface area (Å²) < 4.78 is 98.5. The lowest BCUT2D eigenvalue weighted by Gasteiger charge is -2.31. The molecule has 9 aromatic rings. The molecule has 2 aliphatic heterocycles. The van der Waals surface area contributed by atoms with Gasteiger partial charge in [-0.15, -0.1) is 0 Å². The molecular weight excluding hydrogens is 1090 g/mol. The maximum Gasteiger partial charge on any atom is 0.328 e. The van der Waals surface area contributed by atoms with Crippen molar-refractivity contribution in [2.24, 2.45) is 0 Å². The van der Waals surface area contributed by atoms with Crippen LogP contribution in [0.15, 0.2) is 139 Å². The number of rotatable bonds is 12. The number of H-pyrrole nitrogens is 1. The average Bonchev–Trinajstić information content (AvgIpc) is 2.65. The fourth-order valence-corrected chi connectivity index (χ4v) is 9.27. The van der Waals surface area contributed by atoms with Crippen molar-refractivity contribution < 1.29 is 49.7 Å². The molecule has 82 heavy (non-hydrogen) atoms. The second kappa shape index (κ2) is 23.2. The van der Waals surface area contributed by atoms with Crippen molar-refractivity contribution in [3.63, 3.8) is 0 Å². The van der Waals surface area contributed by atoms with Crippen LogP contribution in [0.25, 0.3) is 22.5 Å². The molecule has 2 aliphatic rings. The number of aryl methyl sites for hydroxylation is 2. The minimum absolute atomic E-state index is 0.0275. The fourth-order valence-electron chi connectivity index (χ4n) is 8.84. The molecule has 0 radical (unpaired) electrons. The Kier molecular flexibility index (Phi) is 15.6. The van der Waals surface area contributed by atoms with E-state index in [1.165, 1.54) is 66.9 Å². The van der Waals surface area contributed by atoms with Crippen LogP contribution in [0.4, 0.5) is 76.3 Å². The number of urea groups is 2. The molecule has 11 rings (SSSR count). The largest absolute Gasteiger partial charge is 0.347 e. The van der Waals surface area contributed by atoms with Gasteiger partial charge in [0.1, 0.15) is 52.1 Å². The van der Waals surface area contributed by atoms with Gasteiger partial charge in [-0.05, 0) is 122 Å². The summed E-state index contributed by atoms with van der Waals surface area (Å²) in [6.07, 6.45) is 4.56. The number of anilines is 7. The highest BCUT2D eigenvalue weighted by Gasteiger charge is 2.36. The van der Waals surface area contributed by atoms with E-state index in [4.69, 9.17) is 4.98 Å². The number of aromatic amines is 1. The van der Waals surface area contributed by atoms with Crippen LogP contribution in [0.1, 0.15) is 48.8 Å². The first kappa shape index (κ1) is 55.0. The van der Waals surface area contributed by atoms with Gasteiger partial charge in [0.05, 0.1) is 41.8 Å². The standard InChI is InChI=1S/C30H23F3N8O2.C27H20F3N5O3S/c1-16-5-6-17(28(42)38-19-9-7-18(31)8-10-19)13-20(16)25-21-14-37-30(43)41(26-22(32)3-2-4-23(26)33)27(21)40-29(39-25)36-15-24-34-11-12-35-24;1-14-6-7-15(25(36)32-17-10-8-16(28)9-11-17)12-18(14)22-19-13-31-27(37)35(23-20(29)4-3-5-21(23)30)24(19)34-26(33-22)39(2)38/h2-13H,14-15H2,1H3,(H,34,35)(H,37,43)(H,38,42)(H,36,39,40);3-12H,13H2,1-2H3,(H,31,37)(H,32,36). The number of fused-ring (bicyclic) bond motifs is 2. The van der Waals surface area contributed by atoms with E-state index in [2.05, 4.69) is 51.5 Å². The molecule has 0 bridgehead atoms. The number of nitrogens with one attached hydrogen (secondary N) is 6. The molecule has 25 heteroatoms. The Morgan fingerprint density at radius 3 is 1.49 bits per heavy atom. The lowest BCUT2D eigenvalue weighted by molar-refractivity contribution is 0.101. The number of hydrogen-bond acceptors (Lipinski definition) is 11. The molecule has 6 N–H and O–H groups in total. The fraction of sp³-hybridized carbons (Fsp3) is 0.105. The smallest absolute Gasteiger partial charge is 0.328 e. The van der Waals surface area contributed by atoms with E-state index in [0.29, 0.717) is 50.7 Å². The molecule has 18 nitrogen and oxygen atoms in total. The molecule has 0 spiro atoms. The van der Waals surface area contributed by atoms with Crippen LogP contribution in [-0.2, 0) is 30.4 Å². The zero-order valence-corrected chi connectivity index (χ0v) is 44.0. The second-order valence-electron chi connectivity index (χ2n) is 18.3. The molecule has 0 fully saturated rings. The first-order chi connectivity index (χ1) is 39.4. The van der Waals surface area contributed by atoms with Crippen molar-refractivity contribution in [3.8, 4) is 22.5 Å². The summed E-state index contributed by atoms with van der Waals surface area (Å²) in [4.78, 5) is 78.7. The summed E-state index contributed by atoms with van der Waals surface area (Å²) >= 11 is 0. The summed E-state index contributed by atoms with van der Waals surface area (Å²) in [6.45, 7) is 3.64. The quantitative estimate of drug-likeness (QED) is 0.0497. The van der Waals surface area contributed by atoms with E-state index in [0.717, 1.165) is 39.6 Å². The third-order valence-electron chi connectivity index (χ3n) is 12.9. The summed E-state index contributed by atoms with van der Waals surface area (Å²) in [6, 6.07) is 25.3. The first-order valence-corrected chi connectivity index (χ1v) is 26.2. The molecule has 414 valence electrons. The van der Waals surface area contributed by atoms with Crippen LogP contribution < -0.4 is 36.4 Å². The molecule has 3 aromatic heterocycles. The van der Waals surface area contributed by atoms with Crippen LogP contribution in [-0.4, -0.2) is 64.2 Å². The number of para-hydroxylation sites is 2. The number of aromatic nitrogens is 6. The predicted octanol–water partition coefficient (Wildman–Crippen LogP) is 11.0. The highest BCUT2D eigenvalue weighted by Crippen LogP contribution is 2.41. The van der Waals surface area contributed by atoms with E-state index in [9.17, 15) is 49.7 Å². The molecule has 0 aliphatic carbocycles. The zero-order valence-electron chi connectivity index (χ0n) is 43.2. The van der Waals surface area contributed by atoms with Gasteiger partial charge in [0.15, 0.2) is 11.6 Å². The molecule has 1 unspecified atom stereocenters. The van der Waals surface area contributed by atoms with Crippen LogP contribution in [0, 0.1) is 48.8 Å². The molecule has 0 saturated carbocycles. The Bertz CT molecular complexity index is 3990. The van der Waals surface area contributed by atoms with Crippen LogP contribution in [0.5, 0.6) is 0 Å². The molecular formula is C57H43F6N13O5S. The Morgan fingerprint density at radius 1 is 0.598 bits per heavy atom. The average molecular weight is 1140 g/mol. The Balaban J connectivity index is 0.000000185. The Morgan fingerprint density at radius 2 is 1.05 bits per heavy atom. The summed E-state index contributed by atoms with van der Waals surface area (Å²) in [5.41, 5.74) is 3.73. The van der Waals surface area contributed by atoms with Crippen molar-refractivity contribution in [2.45, 2.75) is 38.6 Å². The molecule has 6 aromatic carbocycles. The van der Waals surface area contributed by atoms with Crippen LogP contribution in [0.2, 0.25) is 0 Å². The number of amides is 6. The third-order valence-corrected chi connectivity index (χ3v) is 13.6. The van der Waals surface area contributed by atoms with Gasteiger partial charge >= 0.3 is 12.1 Å². The molecule has 5 heterocycles. The van der Waals surface area contributed by atoms with Gasteiger partial charge in [0, 0.05) is 63.4 Å². The maximum atomic E-state index is 15.0. The van der Waals surface area contributed by atoms with Crippen molar-refractivity contribution >= 4 is 75.0 Å². The number of hydrogen-bond donors (Lipinski definition) is 6. The highest BCUT2D eigenvalue weighted by molar-refractivity contribution is 7.84. The topological polar surface area (TPSA) is 232 Å². The van der Waals surface area contributed by atoms with Crippen LogP contribution >= 0.6 is 0 Å². The minimum atomic E-state index is -1.73. The SMILES string of the molecule is Cc1ccc(C(=O)Nc2ccc(F)cc2)cc1-c1nc(NCc2ncc[nH]2)nc2c1CNC(=O)N2c1c(F)cccc1F.Cc1ccc(C(=O)Nc2ccc(F)cc2)cc1-c1nc(S(C)=O)nc2c1CNC(=O)N2c1c(F)cccc1F. The van der Waals surface area contributed by atoms with Gasteiger partial charge in [-0.25, -0.2) is 65.7 Å². The Hall–Kier alpha value is -10.3. The van der Waals surface area contributed by atoms with Gasteiger partial charge < -0.3 is 31.6 Å². The van der Waals surface area contributed by atoms with Crippen LogP contribution in [0.3, 0.4) is 0 Å². The van der Waals surface area contributed by atoms with E-state index >= 15 is 0 Å². The molecule has 6 amide bonds. The zero-order chi connectivity index (χ0) is 57.9. The van der Waals surface area contributed by atoms with E-state index in [1.54, 1.807) is 55.7 Å². The number of halogens is 6. The van der Waals surface area contributed by atoms with Crippen molar-refractivity contribution in [1.29, 1.82) is 0 Å². The minimum Gasteiger partial charge on any atom is -0.347 e. The summed E-state index contributed by atoms with van der Waals surface area (Å²) in [7, 11) is -1.73. The predicted molar refractivity (Wildman–Crippen MR) is 293 cm³/mol. The monoisotopic (exact) mass is 1140 g/mol. The van der Waals surface area contributed by atoms with Gasteiger partial charge in [-0.2, -0.15) is 4.98 Å². The van der Waals surface area contributed by atoms with Gasteiger partial charge in [-0.1, -0.05) is 24.3 Å². The number of carbonyl (C=O) groups excluding carboxylic acids is 4. The van der Waals surface area contributed by atoms with E-state index in [1.807, 2.05) is 6.92 Å². The van der Waals surface area contributed by atoms with Crippen molar-refractivity contribution in [2.75, 3.05) is 32.0 Å². The summed E-state index contributed by atoms with van der Waals surface area (Å²) in [5.74, 6) is -5.22. The normalized spacial score (nSPS) is 12.9. The maximum absolute atomic E-state index is 15.0. The van der Waals surface area contributed by atoms with Gasteiger partial charge in [-0.3, -0.25) is 13.8 Å². The number of carbonyl (C=O) groups is 4. The number of benzene rings is 6. The Labute approximate surface area is 464 Å². The molecule has 1 atom stereocenters. The number of imidazole rings is 1. The second-order valence-corrected chi connectivity index (χ2v) is 19.6. The third kappa shape index (κ3) is 11.4. The lowest BCUT2D eigenvalue weighted by Crippen LogP contribution is -2.43. The van der Waals surface area contributed by atoms with Crippen molar-refractivity contribution in [3.05, 3.63) is 208 Å². The lowest BCUT2D eigenvalue weighted by atomic mass is 9.97.